The number of halogens is 1. The van der Waals surface area contributed by atoms with E-state index in [9.17, 15) is 0 Å². The number of pyridine rings is 1. The fourth-order valence-electron chi connectivity index (χ4n) is 3.46. The van der Waals surface area contributed by atoms with Crippen molar-refractivity contribution in [3.8, 4) is 11.5 Å². The lowest BCUT2D eigenvalue weighted by Crippen LogP contribution is -2.39. The molecule has 1 aliphatic rings. The zero-order valence-corrected chi connectivity index (χ0v) is 17.9. The first-order valence-corrected chi connectivity index (χ1v) is 10.9. The minimum absolute atomic E-state index is 0.313. The number of aryl methyl sites for hydroxylation is 1. The van der Waals surface area contributed by atoms with Gasteiger partial charge in [-0.3, -0.25) is 0 Å². The summed E-state index contributed by atoms with van der Waals surface area (Å²) in [6, 6.07) is 11.3. The topological polar surface area (TPSA) is 80.5 Å². The third kappa shape index (κ3) is 4.03. The second-order valence-electron chi connectivity index (χ2n) is 7.16. The van der Waals surface area contributed by atoms with Crippen LogP contribution in [0.25, 0.3) is 5.65 Å². The summed E-state index contributed by atoms with van der Waals surface area (Å²) >= 11 is 7.41. The van der Waals surface area contributed by atoms with Crippen LogP contribution in [0.3, 0.4) is 0 Å². The van der Waals surface area contributed by atoms with Gasteiger partial charge in [0, 0.05) is 41.9 Å². The lowest BCUT2D eigenvalue weighted by molar-refractivity contribution is 0.484. The smallest absolute Gasteiger partial charge is 0.243 e. The average molecular weight is 442 g/mol. The highest BCUT2D eigenvalue weighted by molar-refractivity contribution is 7.09. The van der Waals surface area contributed by atoms with Crippen LogP contribution in [-0.2, 0) is 0 Å². The first kappa shape index (κ1) is 19.1. The molecule has 0 amide bonds. The highest BCUT2D eigenvalue weighted by Gasteiger charge is 2.22. The first-order chi connectivity index (χ1) is 14.6. The molecule has 5 rings (SSSR count). The molecule has 4 aromatic rings. The first-order valence-electron chi connectivity index (χ1n) is 9.75. The Morgan fingerprint density at radius 1 is 1.13 bits per heavy atom. The maximum Gasteiger partial charge on any atom is 0.243 e. The van der Waals surface area contributed by atoms with Crippen molar-refractivity contribution in [2.24, 2.45) is 0 Å². The molecule has 0 unspecified atom stereocenters. The van der Waals surface area contributed by atoms with Gasteiger partial charge in [-0.15, -0.1) is 5.10 Å². The number of aromatic nitrogens is 5. The lowest BCUT2D eigenvalue weighted by Gasteiger charge is -2.31. The average Bonchev–Trinajstić information content (AvgIpc) is 3.37. The van der Waals surface area contributed by atoms with Gasteiger partial charge >= 0.3 is 0 Å². The largest absolute Gasteiger partial charge is 0.453 e. The number of nitrogens with one attached hydrogen (secondary N) is 1. The van der Waals surface area contributed by atoms with Gasteiger partial charge in [-0.2, -0.15) is 9.36 Å². The van der Waals surface area contributed by atoms with Gasteiger partial charge in [-0.05, 0) is 56.2 Å². The Kier molecular flexibility index (Phi) is 5.14. The number of rotatable bonds is 5. The van der Waals surface area contributed by atoms with Crippen LogP contribution in [0.15, 0.2) is 42.6 Å². The van der Waals surface area contributed by atoms with E-state index in [4.69, 9.17) is 16.3 Å². The van der Waals surface area contributed by atoms with E-state index < -0.39 is 0 Å². The van der Waals surface area contributed by atoms with Crippen molar-refractivity contribution >= 4 is 39.9 Å². The van der Waals surface area contributed by atoms with E-state index in [0.29, 0.717) is 34.2 Å². The van der Waals surface area contributed by atoms with Crippen LogP contribution in [-0.4, -0.2) is 43.1 Å². The van der Waals surface area contributed by atoms with Crippen LogP contribution < -0.4 is 15.0 Å². The molecule has 154 valence electrons. The molecule has 1 saturated heterocycles. The summed E-state index contributed by atoms with van der Waals surface area (Å²) in [4.78, 5) is 11.4. The predicted octanol–water partition coefficient (Wildman–Crippen LogP) is 4.42. The number of hydrogen-bond acceptors (Lipinski definition) is 8. The Bertz CT molecular complexity index is 1150. The van der Waals surface area contributed by atoms with E-state index in [0.717, 1.165) is 36.9 Å². The van der Waals surface area contributed by atoms with Gasteiger partial charge in [0.05, 0.1) is 0 Å². The number of hydrogen-bond donors (Lipinski definition) is 1. The SMILES string of the molecule is Cc1nsc(N2CCC(Nc3nc4c(Oc5ccc(Cl)cc5)cccn4n3)CC2)n1. The fourth-order valence-corrected chi connectivity index (χ4v) is 4.32. The van der Waals surface area contributed by atoms with Crippen molar-refractivity contribution in [3.05, 3.63) is 53.4 Å². The molecular weight excluding hydrogens is 422 g/mol. The number of fused-ring (bicyclic) bond motifs is 1. The molecule has 4 heterocycles. The molecule has 0 bridgehead atoms. The second kappa shape index (κ2) is 8.08. The molecule has 10 heteroatoms. The van der Waals surface area contributed by atoms with Crippen molar-refractivity contribution in [2.75, 3.05) is 23.3 Å². The van der Waals surface area contributed by atoms with E-state index in [-0.39, 0.29) is 0 Å². The normalized spacial score (nSPS) is 14.9. The van der Waals surface area contributed by atoms with Crippen molar-refractivity contribution < 1.29 is 4.74 Å². The van der Waals surface area contributed by atoms with Crippen molar-refractivity contribution in [3.63, 3.8) is 0 Å². The highest BCUT2D eigenvalue weighted by Crippen LogP contribution is 2.27. The van der Waals surface area contributed by atoms with Crippen molar-refractivity contribution in [2.45, 2.75) is 25.8 Å². The monoisotopic (exact) mass is 441 g/mol. The Hall–Kier alpha value is -2.91. The molecule has 1 aromatic carbocycles. The Labute approximate surface area is 182 Å². The lowest BCUT2D eigenvalue weighted by atomic mass is 10.1. The van der Waals surface area contributed by atoms with Crippen LogP contribution in [0.1, 0.15) is 18.7 Å². The molecule has 0 radical (unpaired) electrons. The summed E-state index contributed by atoms with van der Waals surface area (Å²) < 4.78 is 12.0. The van der Waals surface area contributed by atoms with Gasteiger partial charge in [0.25, 0.3) is 0 Å². The summed E-state index contributed by atoms with van der Waals surface area (Å²) in [5.41, 5.74) is 0.664. The summed E-state index contributed by atoms with van der Waals surface area (Å²) in [5, 5.41) is 9.70. The van der Waals surface area contributed by atoms with Crippen LogP contribution in [0, 0.1) is 6.92 Å². The standard InChI is InChI=1S/C20H20ClN7OS/c1-13-22-20(30-26-13)27-11-8-15(9-12-27)23-19-24-18-17(3-2-10-28(18)25-19)29-16-6-4-14(21)5-7-16/h2-7,10,15H,8-9,11-12H2,1H3,(H,23,25). The van der Waals surface area contributed by atoms with Gasteiger partial charge < -0.3 is 15.0 Å². The van der Waals surface area contributed by atoms with Crippen LogP contribution in [0.4, 0.5) is 11.1 Å². The summed E-state index contributed by atoms with van der Waals surface area (Å²) in [6.45, 7) is 3.80. The molecule has 0 spiro atoms. The Morgan fingerprint density at radius 2 is 1.93 bits per heavy atom. The van der Waals surface area contributed by atoms with E-state index in [1.54, 1.807) is 16.6 Å². The Morgan fingerprint density at radius 3 is 2.67 bits per heavy atom. The number of nitrogens with zero attached hydrogens (tertiary/aromatic N) is 6. The molecule has 1 N–H and O–H groups in total. The van der Waals surface area contributed by atoms with E-state index in [1.807, 2.05) is 37.4 Å². The van der Waals surface area contributed by atoms with Gasteiger partial charge in [0.15, 0.2) is 11.4 Å². The molecule has 0 saturated carbocycles. The van der Waals surface area contributed by atoms with Crippen LogP contribution in [0.5, 0.6) is 11.5 Å². The summed E-state index contributed by atoms with van der Waals surface area (Å²) in [6.07, 6.45) is 3.84. The number of ether oxygens (including phenoxy) is 1. The predicted molar refractivity (Wildman–Crippen MR) is 118 cm³/mol. The van der Waals surface area contributed by atoms with Crippen LogP contribution >= 0.6 is 23.1 Å². The van der Waals surface area contributed by atoms with Crippen molar-refractivity contribution in [1.82, 2.24) is 24.0 Å². The van der Waals surface area contributed by atoms with Gasteiger partial charge in [0.1, 0.15) is 11.6 Å². The van der Waals surface area contributed by atoms with Gasteiger partial charge in [-0.25, -0.2) is 9.50 Å². The molecule has 3 aromatic heterocycles. The summed E-state index contributed by atoms with van der Waals surface area (Å²) in [5.74, 6) is 2.78. The Balaban J connectivity index is 1.27. The molecule has 0 atom stereocenters. The molecule has 30 heavy (non-hydrogen) atoms. The van der Waals surface area contributed by atoms with Crippen LogP contribution in [0.2, 0.25) is 5.02 Å². The van der Waals surface area contributed by atoms with Gasteiger partial charge in [0.2, 0.25) is 11.1 Å². The maximum atomic E-state index is 5.99. The van der Waals surface area contributed by atoms with E-state index >= 15 is 0 Å². The second-order valence-corrected chi connectivity index (χ2v) is 8.33. The third-order valence-electron chi connectivity index (χ3n) is 4.98. The van der Waals surface area contributed by atoms with E-state index in [1.165, 1.54) is 11.5 Å². The number of benzene rings is 1. The molecule has 1 fully saturated rings. The van der Waals surface area contributed by atoms with Crippen molar-refractivity contribution in [1.29, 1.82) is 0 Å². The molecule has 1 aliphatic heterocycles. The highest BCUT2D eigenvalue weighted by atomic mass is 35.5. The third-order valence-corrected chi connectivity index (χ3v) is 6.10. The fraction of sp³-hybridized carbons (Fsp3) is 0.300. The minimum Gasteiger partial charge on any atom is -0.453 e. The molecule has 8 nitrogen and oxygen atoms in total. The minimum atomic E-state index is 0.313. The van der Waals surface area contributed by atoms with Gasteiger partial charge in [-0.1, -0.05) is 11.6 Å². The quantitative estimate of drug-likeness (QED) is 0.491. The maximum absolute atomic E-state index is 5.99. The van der Waals surface area contributed by atoms with E-state index in [2.05, 4.69) is 29.7 Å². The zero-order chi connectivity index (χ0) is 20.5. The number of anilines is 2. The molecule has 0 aliphatic carbocycles. The summed E-state index contributed by atoms with van der Waals surface area (Å²) in [7, 11) is 0. The zero-order valence-electron chi connectivity index (χ0n) is 16.3. The number of piperidine rings is 1. The molecular formula is C20H20ClN7OS.